The maximum Gasteiger partial charge on any atom is 0.335 e. The van der Waals surface area contributed by atoms with Gasteiger partial charge in [0, 0.05) is 6.61 Å². The Labute approximate surface area is 162 Å². The fourth-order valence-electron chi connectivity index (χ4n) is 4.73. The molecule has 6 heteroatoms. The molecular weight excluding hydrogens is 358 g/mol. The molecule has 0 saturated heterocycles. The highest BCUT2D eigenvalue weighted by Gasteiger charge is 2.50. The van der Waals surface area contributed by atoms with Gasteiger partial charge in [0.2, 0.25) is 0 Å². The SMILES string of the molecule is CCO[Si](C)(CC)OC(C)N([Si](CC)(CC)CC)[Si](CC)(CC)CC. The van der Waals surface area contributed by atoms with Crippen LogP contribution in [-0.2, 0) is 8.85 Å². The second-order valence-electron chi connectivity index (χ2n) is 7.58. The second kappa shape index (κ2) is 11.4. The monoisotopic (exact) mass is 405 g/mol. The first kappa shape index (κ1) is 25.5. The summed E-state index contributed by atoms with van der Waals surface area (Å²) in [5.74, 6) is 0. The van der Waals surface area contributed by atoms with Crippen LogP contribution in [0.4, 0.5) is 0 Å². The van der Waals surface area contributed by atoms with Gasteiger partial charge in [0.25, 0.3) is 0 Å². The van der Waals surface area contributed by atoms with Crippen LogP contribution in [0.2, 0.25) is 48.9 Å². The van der Waals surface area contributed by atoms with Crippen molar-refractivity contribution in [3.05, 3.63) is 0 Å². The maximum atomic E-state index is 6.82. The topological polar surface area (TPSA) is 21.7 Å². The fraction of sp³-hybridized carbons (Fsp3) is 1.00. The Hall–Kier alpha value is 0.531. The van der Waals surface area contributed by atoms with Crippen LogP contribution in [0.3, 0.4) is 0 Å². The van der Waals surface area contributed by atoms with E-state index in [0.29, 0.717) is 0 Å². The first-order valence-electron chi connectivity index (χ1n) is 10.8. The average Bonchev–Trinajstić information content (AvgIpc) is 2.63. The molecule has 25 heavy (non-hydrogen) atoms. The van der Waals surface area contributed by atoms with Crippen LogP contribution in [0.1, 0.15) is 62.3 Å². The molecule has 0 saturated carbocycles. The van der Waals surface area contributed by atoms with Crippen molar-refractivity contribution in [1.82, 2.24) is 4.23 Å². The van der Waals surface area contributed by atoms with E-state index in [-0.39, 0.29) is 6.23 Å². The molecule has 0 aromatic carbocycles. The first-order chi connectivity index (χ1) is 11.7. The lowest BCUT2D eigenvalue weighted by Gasteiger charge is -2.55. The molecule has 0 aliphatic rings. The minimum Gasteiger partial charge on any atom is -0.395 e. The zero-order valence-electron chi connectivity index (χ0n) is 19.0. The van der Waals surface area contributed by atoms with Crippen molar-refractivity contribution < 1.29 is 8.85 Å². The van der Waals surface area contributed by atoms with Crippen molar-refractivity contribution >= 4 is 25.0 Å². The Morgan fingerprint density at radius 2 is 1.04 bits per heavy atom. The summed E-state index contributed by atoms with van der Waals surface area (Å²) >= 11 is 0. The minimum absolute atomic E-state index is 0.209. The van der Waals surface area contributed by atoms with Gasteiger partial charge in [-0.1, -0.05) is 48.5 Å². The standard InChI is InChI=1S/C19H47NO2Si3/c1-11-21-23(10,12-2)22-19(9)20(24(13-3,14-4)15-5)25(16-6,17-7)18-8/h19H,11-18H2,1-10H3. The van der Waals surface area contributed by atoms with Crippen LogP contribution in [0.5, 0.6) is 0 Å². The van der Waals surface area contributed by atoms with Gasteiger partial charge in [-0.05, 0) is 62.7 Å². The van der Waals surface area contributed by atoms with Gasteiger partial charge in [-0.15, -0.1) is 0 Å². The summed E-state index contributed by atoms with van der Waals surface area (Å²) in [4.78, 5) is 0. The third-order valence-electron chi connectivity index (χ3n) is 6.85. The zero-order valence-corrected chi connectivity index (χ0v) is 22.0. The molecular formula is C19H47NO2Si3. The van der Waals surface area contributed by atoms with Crippen molar-refractivity contribution in [3.63, 3.8) is 0 Å². The van der Waals surface area contributed by atoms with Gasteiger partial charge in [0.1, 0.15) is 16.5 Å². The Kier molecular flexibility index (Phi) is 11.6. The van der Waals surface area contributed by atoms with Crippen molar-refractivity contribution in [2.45, 2.75) is 117 Å². The second-order valence-corrected chi connectivity index (χ2v) is 21.6. The van der Waals surface area contributed by atoms with E-state index in [4.69, 9.17) is 8.85 Å². The molecule has 0 N–H and O–H groups in total. The van der Waals surface area contributed by atoms with Crippen LogP contribution in [0, 0.1) is 0 Å². The number of hydrogen-bond donors (Lipinski definition) is 0. The van der Waals surface area contributed by atoms with Gasteiger partial charge in [0.15, 0.2) is 0 Å². The lowest BCUT2D eigenvalue weighted by Crippen LogP contribution is -2.70. The smallest absolute Gasteiger partial charge is 0.335 e. The van der Waals surface area contributed by atoms with Crippen molar-refractivity contribution in [1.29, 1.82) is 0 Å². The predicted octanol–water partition coefficient (Wildman–Crippen LogP) is 6.79. The molecule has 0 rings (SSSR count). The molecule has 0 aromatic rings. The molecule has 0 fully saturated rings. The molecule has 0 aliphatic heterocycles. The fourth-order valence-corrected chi connectivity index (χ4v) is 20.4. The molecule has 0 bridgehead atoms. The molecule has 2 atom stereocenters. The summed E-state index contributed by atoms with van der Waals surface area (Å²) in [6.07, 6.45) is 0.209. The number of hydrogen-bond acceptors (Lipinski definition) is 3. The van der Waals surface area contributed by atoms with Gasteiger partial charge in [0.05, 0.1) is 6.23 Å². The molecule has 0 heterocycles. The summed E-state index contributed by atoms with van der Waals surface area (Å²) < 4.78 is 16.0. The molecule has 0 aliphatic carbocycles. The van der Waals surface area contributed by atoms with E-state index in [9.17, 15) is 0 Å². The maximum absolute atomic E-state index is 6.82. The minimum atomic E-state index is -2.08. The van der Waals surface area contributed by atoms with E-state index in [1.165, 1.54) is 36.3 Å². The van der Waals surface area contributed by atoms with Crippen molar-refractivity contribution in [2.24, 2.45) is 0 Å². The Morgan fingerprint density at radius 3 is 1.28 bits per heavy atom. The summed E-state index contributed by atoms with van der Waals surface area (Å²) in [5.41, 5.74) is 0. The van der Waals surface area contributed by atoms with E-state index in [1.807, 2.05) is 0 Å². The van der Waals surface area contributed by atoms with E-state index in [2.05, 4.69) is 73.1 Å². The lowest BCUT2D eigenvalue weighted by atomic mass is 10.7. The Bertz CT molecular complexity index is 326. The number of nitrogens with zero attached hydrogens (tertiary/aromatic N) is 1. The van der Waals surface area contributed by atoms with Gasteiger partial charge in [-0.25, -0.2) is 0 Å². The molecule has 2 unspecified atom stereocenters. The first-order valence-corrected chi connectivity index (χ1v) is 18.5. The predicted molar refractivity (Wildman–Crippen MR) is 121 cm³/mol. The summed E-state index contributed by atoms with van der Waals surface area (Å²) in [7, 11) is -5.09. The highest BCUT2D eigenvalue weighted by molar-refractivity contribution is 6.92. The van der Waals surface area contributed by atoms with Gasteiger partial charge >= 0.3 is 8.56 Å². The molecule has 0 spiro atoms. The third-order valence-corrected chi connectivity index (χ3v) is 23.4. The van der Waals surface area contributed by atoms with Crippen molar-refractivity contribution in [2.75, 3.05) is 6.61 Å². The van der Waals surface area contributed by atoms with E-state index in [1.54, 1.807) is 0 Å². The third kappa shape index (κ3) is 5.75. The summed E-state index contributed by atoms with van der Waals surface area (Å²) in [6, 6.07) is 9.03. The largest absolute Gasteiger partial charge is 0.395 e. The van der Waals surface area contributed by atoms with Crippen LogP contribution < -0.4 is 0 Å². The van der Waals surface area contributed by atoms with E-state index < -0.39 is 25.0 Å². The highest BCUT2D eigenvalue weighted by Crippen LogP contribution is 2.38. The molecule has 0 amide bonds. The summed E-state index contributed by atoms with van der Waals surface area (Å²) in [5, 5.41) is 0. The van der Waals surface area contributed by atoms with Crippen molar-refractivity contribution in [3.8, 4) is 0 Å². The van der Waals surface area contributed by atoms with Gasteiger partial charge < -0.3 is 13.1 Å². The van der Waals surface area contributed by atoms with E-state index >= 15 is 0 Å². The lowest BCUT2D eigenvalue weighted by molar-refractivity contribution is 0.0800. The van der Waals surface area contributed by atoms with Crippen LogP contribution >= 0.6 is 0 Å². The zero-order chi connectivity index (χ0) is 19.7. The molecule has 3 nitrogen and oxygen atoms in total. The van der Waals surface area contributed by atoms with Gasteiger partial charge in [-0.3, -0.25) is 0 Å². The van der Waals surface area contributed by atoms with Crippen LogP contribution in [0.15, 0.2) is 0 Å². The van der Waals surface area contributed by atoms with Gasteiger partial charge in [-0.2, -0.15) is 0 Å². The van der Waals surface area contributed by atoms with Crippen LogP contribution in [0.25, 0.3) is 0 Å². The molecule has 0 radical (unpaired) electrons. The highest BCUT2D eigenvalue weighted by atomic mass is 28.4. The van der Waals surface area contributed by atoms with E-state index in [0.717, 1.165) is 12.7 Å². The Balaban J connectivity index is 6.04. The molecule has 0 aromatic heterocycles. The summed E-state index contributed by atoms with van der Waals surface area (Å²) in [6.45, 7) is 24.3. The average molecular weight is 406 g/mol. The normalized spacial score (nSPS) is 16.9. The van der Waals surface area contributed by atoms with Crippen LogP contribution in [-0.4, -0.2) is 42.1 Å². The number of rotatable bonds is 14. The molecule has 152 valence electrons. The Morgan fingerprint density at radius 1 is 0.680 bits per heavy atom. The quantitative estimate of drug-likeness (QED) is 0.234.